The monoisotopic (exact) mass is 379 g/mol. The van der Waals surface area contributed by atoms with E-state index in [1.807, 2.05) is 25.1 Å². The lowest BCUT2D eigenvalue weighted by Crippen LogP contribution is -2.12. The van der Waals surface area contributed by atoms with Crippen molar-refractivity contribution in [2.24, 2.45) is 0 Å². The molecule has 3 rings (SSSR count). The Morgan fingerprint density at radius 1 is 1.19 bits per heavy atom. The van der Waals surface area contributed by atoms with E-state index < -0.39 is 0 Å². The van der Waals surface area contributed by atoms with Gasteiger partial charge >= 0.3 is 0 Å². The Morgan fingerprint density at radius 2 is 1.90 bits per heavy atom. The number of halogens is 2. The van der Waals surface area contributed by atoms with Crippen molar-refractivity contribution in [3.05, 3.63) is 68.1 Å². The van der Waals surface area contributed by atoms with E-state index >= 15 is 0 Å². The van der Waals surface area contributed by atoms with E-state index in [1.165, 1.54) is 11.8 Å². The number of anilines is 1. The van der Waals surface area contributed by atoms with Crippen molar-refractivity contribution >= 4 is 50.8 Å². The van der Waals surface area contributed by atoms with E-state index in [4.69, 9.17) is 11.6 Å². The van der Waals surface area contributed by atoms with Gasteiger partial charge in [0.2, 0.25) is 5.78 Å². The van der Waals surface area contributed by atoms with Crippen molar-refractivity contribution in [2.45, 2.75) is 11.8 Å². The molecule has 0 saturated carbocycles. The Hall–Kier alpha value is -1.23. The third-order valence-corrected chi connectivity index (χ3v) is 5.13. The van der Waals surface area contributed by atoms with E-state index in [2.05, 4.69) is 21.2 Å². The van der Waals surface area contributed by atoms with Gasteiger partial charge in [0.05, 0.1) is 10.6 Å². The maximum absolute atomic E-state index is 12.6. The highest BCUT2D eigenvalue weighted by Crippen LogP contribution is 2.42. The summed E-state index contributed by atoms with van der Waals surface area (Å²) in [5.41, 5.74) is 2.53. The van der Waals surface area contributed by atoms with Gasteiger partial charge in [0.15, 0.2) is 0 Å². The Morgan fingerprint density at radius 3 is 2.62 bits per heavy atom. The van der Waals surface area contributed by atoms with Crippen LogP contribution in [0.1, 0.15) is 17.3 Å². The van der Waals surface area contributed by atoms with Crippen LogP contribution in [-0.2, 0) is 0 Å². The molecule has 0 unspecified atom stereocenters. The first kappa shape index (κ1) is 14.7. The van der Waals surface area contributed by atoms with Gasteiger partial charge < -0.3 is 5.32 Å². The molecule has 0 atom stereocenters. The van der Waals surface area contributed by atoms with Crippen LogP contribution in [0.15, 0.2) is 62.4 Å². The van der Waals surface area contributed by atoms with Crippen LogP contribution in [0, 0.1) is 0 Å². The van der Waals surface area contributed by atoms with E-state index in [0.29, 0.717) is 15.5 Å². The SMILES string of the molecule is CC1=C(C(=O)c2ccc(Cl)cc2)Sc2cc(Br)ccc2N1. The molecule has 2 nitrogen and oxygen atoms in total. The van der Waals surface area contributed by atoms with Crippen LogP contribution in [0.5, 0.6) is 0 Å². The Kier molecular flexibility index (Phi) is 4.11. The van der Waals surface area contributed by atoms with Crippen molar-refractivity contribution in [3.63, 3.8) is 0 Å². The third kappa shape index (κ3) is 3.03. The number of thioether (sulfide) groups is 1. The van der Waals surface area contributed by atoms with Crippen molar-refractivity contribution in [1.29, 1.82) is 0 Å². The summed E-state index contributed by atoms with van der Waals surface area (Å²) in [6, 6.07) is 13.0. The van der Waals surface area contributed by atoms with Crippen LogP contribution in [0.3, 0.4) is 0 Å². The Bertz CT molecular complexity index is 755. The smallest absolute Gasteiger partial charge is 0.201 e. The first-order chi connectivity index (χ1) is 10.0. The third-order valence-electron chi connectivity index (χ3n) is 3.13. The van der Waals surface area contributed by atoms with E-state index in [0.717, 1.165) is 20.8 Å². The lowest BCUT2D eigenvalue weighted by atomic mass is 10.1. The van der Waals surface area contributed by atoms with Gasteiger partial charge in [-0.1, -0.05) is 39.3 Å². The quantitative estimate of drug-likeness (QED) is 0.674. The van der Waals surface area contributed by atoms with Crippen LogP contribution in [0.25, 0.3) is 0 Å². The molecule has 1 aliphatic rings. The minimum Gasteiger partial charge on any atom is -0.357 e. The number of ketones is 1. The van der Waals surface area contributed by atoms with Crippen LogP contribution in [0.2, 0.25) is 5.02 Å². The number of hydrogen-bond acceptors (Lipinski definition) is 3. The number of allylic oxidation sites excluding steroid dienone is 2. The zero-order valence-corrected chi connectivity index (χ0v) is 14.3. The number of fused-ring (bicyclic) bond motifs is 1. The van der Waals surface area contributed by atoms with Gasteiger partial charge in [0.25, 0.3) is 0 Å². The number of carbonyl (C=O) groups is 1. The molecule has 5 heteroatoms. The molecule has 1 aliphatic heterocycles. The van der Waals surface area contributed by atoms with Crippen LogP contribution < -0.4 is 5.32 Å². The van der Waals surface area contributed by atoms with Crippen LogP contribution >= 0.6 is 39.3 Å². The number of Topliss-reactive ketones (excluding diaryl/α,β-unsaturated/α-hetero) is 1. The molecule has 106 valence electrons. The second-order valence-corrected chi connectivity index (χ2v) is 7.06. The van der Waals surface area contributed by atoms with E-state index in [-0.39, 0.29) is 5.78 Å². The minimum absolute atomic E-state index is 0.00675. The molecule has 2 aromatic carbocycles. The largest absolute Gasteiger partial charge is 0.357 e. The Labute approximate surface area is 140 Å². The lowest BCUT2D eigenvalue weighted by molar-refractivity contribution is 0.104. The summed E-state index contributed by atoms with van der Waals surface area (Å²) in [4.78, 5) is 14.4. The maximum Gasteiger partial charge on any atom is 0.201 e. The van der Waals surface area contributed by atoms with Crippen molar-refractivity contribution < 1.29 is 4.79 Å². The molecule has 0 aliphatic carbocycles. The fourth-order valence-corrected chi connectivity index (χ4v) is 3.77. The summed E-state index contributed by atoms with van der Waals surface area (Å²) in [7, 11) is 0. The van der Waals surface area contributed by atoms with Crippen LogP contribution in [-0.4, -0.2) is 5.78 Å². The predicted molar refractivity (Wildman–Crippen MR) is 92.1 cm³/mol. The van der Waals surface area contributed by atoms with Gasteiger partial charge in [0.1, 0.15) is 0 Å². The van der Waals surface area contributed by atoms with Gasteiger partial charge in [-0.3, -0.25) is 4.79 Å². The summed E-state index contributed by atoms with van der Waals surface area (Å²) in [6.45, 7) is 1.92. The van der Waals surface area contributed by atoms with Gasteiger partial charge in [-0.15, -0.1) is 0 Å². The van der Waals surface area contributed by atoms with Crippen molar-refractivity contribution in [1.82, 2.24) is 0 Å². The Balaban J connectivity index is 1.95. The number of carbonyl (C=O) groups excluding carboxylic acids is 1. The van der Waals surface area contributed by atoms with Crippen LogP contribution in [0.4, 0.5) is 5.69 Å². The standard InChI is InChI=1S/C16H11BrClNOS/c1-9-16(15(20)10-2-5-12(18)6-3-10)21-14-8-11(17)4-7-13(14)19-9/h2-8,19H,1H3. The molecule has 0 fully saturated rings. The minimum atomic E-state index is 0.00675. The maximum atomic E-state index is 12.6. The second-order valence-electron chi connectivity index (χ2n) is 4.66. The zero-order valence-electron chi connectivity index (χ0n) is 11.1. The summed E-state index contributed by atoms with van der Waals surface area (Å²) >= 11 is 10.8. The fraction of sp³-hybridized carbons (Fsp3) is 0.0625. The van der Waals surface area contributed by atoms with E-state index in [1.54, 1.807) is 24.3 Å². The van der Waals surface area contributed by atoms with Crippen molar-refractivity contribution in [3.8, 4) is 0 Å². The molecule has 0 spiro atoms. The van der Waals surface area contributed by atoms with Gasteiger partial charge in [-0.25, -0.2) is 0 Å². The first-order valence-electron chi connectivity index (χ1n) is 6.30. The van der Waals surface area contributed by atoms with Gasteiger partial charge in [-0.2, -0.15) is 0 Å². The summed E-state index contributed by atoms with van der Waals surface area (Å²) in [6.07, 6.45) is 0. The summed E-state index contributed by atoms with van der Waals surface area (Å²) < 4.78 is 0.994. The zero-order chi connectivity index (χ0) is 15.0. The average molecular weight is 381 g/mol. The first-order valence-corrected chi connectivity index (χ1v) is 8.29. The number of nitrogens with one attached hydrogen (secondary N) is 1. The second kappa shape index (κ2) is 5.87. The molecule has 0 saturated heterocycles. The molecular weight excluding hydrogens is 370 g/mol. The topological polar surface area (TPSA) is 29.1 Å². The molecule has 0 amide bonds. The fourth-order valence-electron chi connectivity index (χ4n) is 2.08. The molecule has 0 radical (unpaired) electrons. The van der Waals surface area contributed by atoms with E-state index in [9.17, 15) is 4.79 Å². The normalized spacial score (nSPS) is 13.7. The average Bonchev–Trinajstić information content (AvgIpc) is 2.47. The summed E-state index contributed by atoms with van der Waals surface area (Å²) in [5, 5.41) is 3.92. The molecule has 0 aromatic heterocycles. The highest BCUT2D eigenvalue weighted by Gasteiger charge is 2.22. The summed E-state index contributed by atoms with van der Waals surface area (Å²) in [5.74, 6) is 0.00675. The highest BCUT2D eigenvalue weighted by atomic mass is 79.9. The molecule has 21 heavy (non-hydrogen) atoms. The molecule has 1 heterocycles. The lowest BCUT2D eigenvalue weighted by Gasteiger charge is -2.21. The molecule has 0 bridgehead atoms. The number of benzene rings is 2. The predicted octanol–water partition coefficient (Wildman–Crippen LogP) is 5.73. The number of rotatable bonds is 2. The van der Waals surface area contributed by atoms with Gasteiger partial charge in [-0.05, 0) is 49.4 Å². The molecule has 1 N–H and O–H groups in total. The highest BCUT2D eigenvalue weighted by molar-refractivity contribution is 9.10. The van der Waals surface area contributed by atoms with Crippen molar-refractivity contribution in [2.75, 3.05) is 5.32 Å². The number of hydrogen-bond donors (Lipinski definition) is 1. The molecular formula is C16H11BrClNOS. The molecule has 2 aromatic rings. The van der Waals surface area contributed by atoms with Gasteiger partial charge in [0, 0.05) is 25.7 Å².